The summed E-state index contributed by atoms with van der Waals surface area (Å²) in [6.07, 6.45) is 1.11. The lowest BCUT2D eigenvalue weighted by Crippen LogP contribution is -2.52. The van der Waals surface area contributed by atoms with E-state index in [1.165, 1.54) is 15.5 Å². The molecular weight excluding hydrogens is 720 g/mol. The van der Waals surface area contributed by atoms with Crippen LogP contribution in [0.3, 0.4) is 0 Å². The van der Waals surface area contributed by atoms with Crippen molar-refractivity contribution in [3.63, 3.8) is 0 Å². The predicted molar refractivity (Wildman–Crippen MR) is 204 cm³/mol. The van der Waals surface area contributed by atoms with Crippen LogP contribution in [-0.4, -0.2) is 101 Å². The standard InChI is InChI=1S/C40H44N8O8/c1-23(2)27-19-28(33(50)20-32(27)49)37-43-44-40(56)48(37)25-11-9-24(10-12-25)21-45-15-17-46(18-16-45)36(53)8-4-7-34(51)41-30-6-3-5-26-29(30)22-47(39(26)55)31-13-14-35(52)42-38(31)54/h3,5-6,9-12,19-20,23,31,49-50H,4,7-8,13-18,21-22H2,1-2H3,(H,41,51)(H,44,56)(H,42,52,54). The highest BCUT2D eigenvalue weighted by Gasteiger charge is 2.40. The maximum absolute atomic E-state index is 13.1. The molecule has 5 amide bonds. The van der Waals surface area contributed by atoms with Crippen LogP contribution in [0.4, 0.5) is 5.69 Å². The largest absolute Gasteiger partial charge is 0.508 e. The number of phenols is 2. The number of rotatable bonds is 11. The fourth-order valence-electron chi connectivity index (χ4n) is 7.59. The molecule has 4 aromatic rings. The smallest absolute Gasteiger partial charge is 0.348 e. The molecule has 0 radical (unpaired) electrons. The molecule has 3 aliphatic heterocycles. The highest BCUT2D eigenvalue weighted by molar-refractivity contribution is 6.06. The molecule has 1 aromatic heterocycles. The van der Waals surface area contributed by atoms with Gasteiger partial charge < -0.3 is 25.3 Å². The maximum atomic E-state index is 13.1. The molecule has 4 heterocycles. The molecule has 0 aliphatic carbocycles. The Morgan fingerprint density at radius 2 is 1.68 bits per heavy atom. The van der Waals surface area contributed by atoms with E-state index in [2.05, 4.69) is 25.7 Å². The fourth-order valence-corrected chi connectivity index (χ4v) is 7.59. The molecule has 0 bridgehead atoms. The summed E-state index contributed by atoms with van der Waals surface area (Å²) in [5.41, 5.74) is 3.57. The Hall–Kier alpha value is -6.29. The van der Waals surface area contributed by atoms with Gasteiger partial charge in [-0.15, -0.1) is 0 Å². The lowest BCUT2D eigenvalue weighted by atomic mass is 9.98. The normalized spacial score (nSPS) is 17.3. The van der Waals surface area contributed by atoms with E-state index in [1.54, 1.807) is 24.3 Å². The van der Waals surface area contributed by atoms with Gasteiger partial charge in [-0.05, 0) is 60.2 Å². The van der Waals surface area contributed by atoms with Crippen molar-refractivity contribution in [3.8, 4) is 28.6 Å². The zero-order valence-electron chi connectivity index (χ0n) is 31.2. The molecule has 2 fully saturated rings. The van der Waals surface area contributed by atoms with E-state index in [0.717, 1.165) is 5.56 Å². The third-order valence-electron chi connectivity index (χ3n) is 10.7. The summed E-state index contributed by atoms with van der Waals surface area (Å²) >= 11 is 0. The van der Waals surface area contributed by atoms with Crippen molar-refractivity contribution in [2.24, 2.45) is 0 Å². The van der Waals surface area contributed by atoms with Crippen molar-refractivity contribution >= 4 is 35.2 Å². The number of fused-ring (bicyclic) bond motifs is 1. The van der Waals surface area contributed by atoms with E-state index < -0.39 is 17.6 Å². The van der Waals surface area contributed by atoms with Gasteiger partial charge in [-0.25, -0.2) is 14.5 Å². The second-order valence-electron chi connectivity index (χ2n) is 14.7. The molecule has 3 aromatic carbocycles. The first-order valence-electron chi connectivity index (χ1n) is 18.8. The van der Waals surface area contributed by atoms with E-state index in [-0.39, 0.29) is 79.1 Å². The molecule has 16 nitrogen and oxygen atoms in total. The van der Waals surface area contributed by atoms with E-state index in [0.29, 0.717) is 72.8 Å². The van der Waals surface area contributed by atoms with Crippen LogP contribution in [0.1, 0.15) is 78.9 Å². The molecule has 1 unspecified atom stereocenters. The minimum Gasteiger partial charge on any atom is -0.508 e. The molecular formula is C40H44N8O8. The topological polar surface area (TPSA) is 210 Å². The Balaban J connectivity index is 0.874. The fraction of sp³-hybridized carbons (Fsp3) is 0.375. The number of aromatic hydroxyl groups is 2. The number of aromatic amines is 1. The van der Waals surface area contributed by atoms with Gasteiger partial charge in [-0.3, -0.25) is 34.2 Å². The zero-order chi connectivity index (χ0) is 39.7. The van der Waals surface area contributed by atoms with E-state index >= 15 is 0 Å². The number of aromatic nitrogens is 3. The first-order chi connectivity index (χ1) is 26.9. The maximum Gasteiger partial charge on any atom is 0.348 e. The van der Waals surface area contributed by atoms with Gasteiger partial charge in [0.25, 0.3) is 5.91 Å². The number of hydrogen-bond acceptors (Lipinski definition) is 10. The monoisotopic (exact) mass is 764 g/mol. The summed E-state index contributed by atoms with van der Waals surface area (Å²) < 4.78 is 1.38. The summed E-state index contributed by atoms with van der Waals surface area (Å²) in [5.74, 6) is -1.49. The second kappa shape index (κ2) is 15.8. The molecule has 5 N–H and O–H groups in total. The second-order valence-corrected chi connectivity index (χ2v) is 14.7. The Labute approximate surface area is 322 Å². The lowest BCUT2D eigenvalue weighted by Gasteiger charge is -2.34. The predicted octanol–water partition coefficient (Wildman–Crippen LogP) is 2.98. The van der Waals surface area contributed by atoms with E-state index in [4.69, 9.17) is 0 Å². The van der Waals surface area contributed by atoms with Crippen LogP contribution in [0.25, 0.3) is 17.1 Å². The number of hydrogen-bond donors (Lipinski definition) is 5. The van der Waals surface area contributed by atoms with Gasteiger partial charge in [0.05, 0.1) is 11.3 Å². The Kier molecular flexibility index (Phi) is 10.7. The van der Waals surface area contributed by atoms with E-state index in [1.807, 2.05) is 43.0 Å². The van der Waals surface area contributed by atoms with E-state index in [9.17, 15) is 39.0 Å². The third kappa shape index (κ3) is 7.77. The van der Waals surface area contributed by atoms with Crippen molar-refractivity contribution in [3.05, 3.63) is 87.3 Å². The minimum atomic E-state index is -0.749. The number of benzene rings is 3. The number of carbonyl (C=O) groups excluding carboxylic acids is 5. The number of nitrogens with one attached hydrogen (secondary N) is 3. The van der Waals surface area contributed by atoms with Crippen LogP contribution in [0, 0.1) is 0 Å². The molecule has 16 heteroatoms. The number of anilines is 1. The summed E-state index contributed by atoms with van der Waals surface area (Å²) in [6, 6.07) is 14.7. The van der Waals surface area contributed by atoms with Crippen molar-refractivity contribution < 1.29 is 34.2 Å². The third-order valence-corrected chi connectivity index (χ3v) is 10.7. The highest BCUT2D eigenvalue weighted by atomic mass is 16.3. The molecule has 292 valence electrons. The van der Waals surface area contributed by atoms with Crippen LogP contribution < -0.4 is 16.3 Å². The van der Waals surface area contributed by atoms with Gasteiger partial charge in [0.1, 0.15) is 17.5 Å². The van der Waals surface area contributed by atoms with Crippen molar-refractivity contribution in [2.75, 3.05) is 31.5 Å². The number of imide groups is 1. The highest BCUT2D eigenvalue weighted by Crippen LogP contribution is 2.37. The zero-order valence-corrected chi connectivity index (χ0v) is 31.2. The minimum absolute atomic E-state index is 0.0191. The van der Waals surface area contributed by atoms with Gasteiger partial charge in [0, 0.05) is 81.4 Å². The van der Waals surface area contributed by atoms with Crippen LogP contribution >= 0.6 is 0 Å². The summed E-state index contributed by atoms with van der Waals surface area (Å²) in [5, 5.41) is 32.7. The van der Waals surface area contributed by atoms with Gasteiger partial charge in [0.15, 0.2) is 5.82 Å². The van der Waals surface area contributed by atoms with Crippen molar-refractivity contribution in [1.29, 1.82) is 0 Å². The summed E-state index contributed by atoms with van der Waals surface area (Å²) in [6.45, 7) is 7.08. The van der Waals surface area contributed by atoms with Crippen LogP contribution in [0.15, 0.2) is 59.4 Å². The lowest BCUT2D eigenvalue weighted by molar-refractivity contribution is -0.137. The average Bonchev–Trinajstić information content (AvgIpc) is 3.71. The number of nitrogens with zero attached hydrogens (tertiary/aromatic N) is 5. The number of amides is 5. The number of H-pyrrole nitrogens is 1. The SMILES string of the molecule is CC(C)c1cc(-c2n[nH]c(=O)n2-c2ccc(CN3CCN(C(=O)CCCC(=O)Nc4cccc5c4CN(C4CCC(=O)NC4=O)C5=O)CC3)cc2)c(O)cc1O. The van der Waals surface area contributed by atoms with Gasteiger partial charge in [0.2, 0.25) is 23.6 Å². The van der Waals surface area contributed by atoms with Crippen molar-refractivity contribution in [1.82, 2.24) is 34.8 Å². The molecule has 1 atom stereocenters. The van der Waals surface area contributed by atoms with Crippen LogP contribution in [0.5, 0.6) is 11.5 Å². The first-order valence-corrected chi connectivity index (χ1v) is 18.8. The Morgan fingerprint density at radius 3 is 2.39 bits per heavy atom. The summed E-state index contributed by atoms with van der Waals surface area (Å²) in [7, 11) is 0. The molecule has 3 aliphatic rings. The summed E-state index contributed by atoms with van der Waals surface area (Å²) in [4.78, 5) is 81.3. The molecule has 56 heavy (non-hydrogen) atoms. The van der Waals surface area contributed by atoms with Gasteiger partial charge in [-0.1, -0.05) is 32.0 Å². The van der Waals surface area contributed by atoms with Crippen LogP contribution in [0.2, 0.25) is 0 Å². The van der Waals surface area contributed by atoms with Crippen molar-refractivity contribution in [2.45, 2.75) is 71.0 Å². The average molecular weight is 765 g/mol. The molecule has 7 rings (SSSR count). The van der Waals surface area contributed by atoms with Gasteiger partial charge >= 0.3 is 5.69 Å². The number of piperazine rings is 1. The quantitative estimate of drug-likeness (QED) is 0.141. The van der Waals surface area contributed by atoms with Crippen LogP contribution in [-0.2, 0) is 32.3 Å². The molecule has 2 saturated heterocycles. The van der Waals surface area contributed by atoms with Gasteiger partial charge in [-0.2, -0.15) is 5.10 Å². The molecule has 0 saturated carbocycles. The number of phenolic OH excluding ortho intramolecular Hbond substituents is 2. The Bertz CT molecular complexity index is 2250. The number of piperidine rings is 1. The number of carbonyl (C=O) groups is 5. The molecule has 0 spiro atoms. The first kappa shape index (κ1) is 38.0. The Morgan fingerprint density at radius 1 is 0.929 bits per heavy atom.